The Bertz CT molecular complexity index is 949. The van der Waals surface area contributed by atoms with Crippen molar-refractivity contribution in [1.29, 1.82) is 0 Å². The molecule has 30 heavy (non-hydrogen) atoms. The Hall–Kier alpha value is -2.20. The molecule has 1 amide bonds. The van der Waals surface area contributed by atoms with E-state index in [9.17, 15) is 9.90 Å². The summed E-state index contributed by atoms with van der Waals surface area (Å²) in [5.74, 6) is 1.91. The van der Waals surface area contributed by atoms with E-state index >= 15 is 0 Å². The van der Waals surface area contributed by atoms with Crippen molar-refractivity contribution in [3.63, 3.8) is 0 Å². The highest BCUT2D eigenvalue weighted by Gasteiger charge is 2.32. The van der Waals surface area contributed by atoms with Crippen LogP contribution in [-0.2, 0) is 16.0 Å². The SMILES string of the molecule is COC1=CC2=C(C=C(I)[C@H]1O)c1c(cc(OC)c(OC)c1OC)CC[C@@H]2NC(C)=O. The molecule has 1 aromatic rings. The minimum Gasteiger partial charge on any atom is -0.498 e. The first-order valence-electron chi connectivity index (χ1n) is 9.50. The number of fused-ring (bicyclic) bond motifs is 2. The molecule has 0 aromatic heterocycles. The van der Waals surface area contributed by atoms with Gasteiger partial charge in [-0.05, 0) is 70.4 Å². The van der Waals surface area contributed by atoms with Crippen LogP contribution in [-0.4, -0.2) is 51.6 Å². The minimum absolute atomic E-state index is 0.129. The number of hydrogen-bond donors (Lipinski definition) is 2. The van der Waals surface area contributed by atoms with Crippen LogP contribution < -0.4 is 19.5 Å². The highest BCUT2D eigenvalue weighted by Crippen LogP contribution is 2.49. The lowest BCUT2D eigenvalue weighted by Crippen LogP contribution is -2.34. The van der Waals surface area contributed by atoms with Crippen molar-refractivity contribution in [3.05, 3.63) is 44.3 Å². The molecule has 7 nitrogen and oxygen atoms in total. The summed E-state index contributed by atoms with van der Waals surface area (Å²) >= 11 is 2.11. The van der Waals surface area contributed by atoms with Crippen LogP contribution in [0, 0.1) is 0 Å². The number of methoxy groups -OCH3 is 4. The normalized spacial score (nSPS) is 20.6. The van der Waals surface area contributed by atoms with Gasteiger partial charge in [0.15, 0.2) is 11.5 Å². The molecule has 2 aliphatic carbocycles. The van der Waals surface area contributed by atoms with Crippen LogP contribution in [0.3, 0.4) is 0 Å². The molecule has 0 radical (unpaired) electrons. The summed E-state index contributed by atoms with van der Waals surface area (Å²) < 4.78 is 23.1. The van der Waals surface area contributed by atoms with E-state index in [0.29, 0.717) is 39.4 Å². The fourth-order valence-electron chi connectivity index (χ4n) is 3.97. The molecule has 0 saturated heterocycles. The molecule has 2 N–H and O–H groups in total. The second-order valence-corrected chi connectivity index (χ2v) is 8.27. The van der Waals surface area contributed by atoms with Crippen molar-refractivity contribution in [1.82, 2.24) is 5.32 Å². The lowest BCUT2D eigenvalue weighted by atomic mass is 9.93. The van der Waals surface area contributed by atoms with Gasteiger partial charge >= 0.3 is 0 Å². The zero-order valence-corrected chi connectivity index (χ0v) is 19.8. The summed E-state index contributed by atoms with van der Waals surface area (Å²) in [6.45, 7) is 1.50. The zero-order chi connectivity index (χ0) is 22.0. The second-order valence-electron chi connectivity index (χ2n) is 7.02. The van der Waals surface area contributed by atoms with Crippen molar-refractivity contribution >= 4 is 34.1 Å². The fraction of sp³-hybridized carbons (Fsp3) is 0.409. The Kier molecular flexibility index (Phi) is 6.97. The predicted octanol–water partition coefficient (Wildman–Crippen LogP) is 3.14. The number of halogens is 1. The number of allylic oxidation sites excluding steroid dienone is 2. The third-order valence-corrected chi connectivity index (χ3v) is 6.20. The third kappa shape index (κ3) is 4.02. The van der Waals surface area contributed by atoms with Crippen molar-refractivity contribution in [2.24, 2.45) is 0 Å². The van der Waals surface area contributed by atoms with Gasteiger partial charge < -0.3 is 29.4 Å². The summed E-state index contributed by atoms with van der Waals surface area (Å²) in [5, 5.41) is 13.7. The zero-order valence-electron chi connectivity index (χ0n) is 17.7. The summed E-state index contributed by atoms with van der Waals surface area (Å²) in [4.78, 5) is 11.9. The summed E-state index contributed by atoms with van der Waals surface area (Å²) in [6, 6.07) is 1.68. The number of aliphatic hydroxyl groups is 1. The van der Waals surface area contributed by atoms with Crippen LogP contribution in [0.5, 0.6) is 17.2 Å². The molecule has 2 atom stereocenters. The lowest BCUT2D eigenvalue weighted by Gasteiger charge is -2.21. The van der Waals surface area contributed by atoms with Crippen molar-refractivity contribution in [2.45, 2.75) is 31.9 Å². The van der Waals surface area contributed by atoms with E-state index in [1.54, 1.807) is 21.3 Å². The molecule has 0 spiro atoms. The predicted molar refractivity (Wildman–Crippen MR) is 122 cm³/mol. The van der Waals surface area contributed by atoms with Gasteiger partial charge in [-0.15, -0.1) is 0 Å². The van der Waals surface area contributed by atoms with E-state index in [0.717, 1.165) is 22.3 Å². The standard InChI is InChI=1S/C22H26INO6/c1-11(25)24-16-7-6-12-8-18(28-3)21(29-4)22(30-5)19(12)14-9-15(23)20(26)17(27-2)10-13(14)16/h8-10,16,20,26H,6-7H2,1-5H3,(H,24,25)/t16-,20+/m0/s1. The van der Waals surface area contributed by atoms with E-state index in [4.69, 9.17) is 18.9 Å². The average Bonchev–Trinajstić information content (AvgIpc) is 2.94. The van der Waals surface area contributed by atoms with E-state index in [1.165, 1.54) is 14.0 Å². The minimum atomic E-state index is -0.893. The summed E-state index contributed by atoms with van der Waals surface area (Å²) in [6.07, 6.45) is 4.19. The maximum absolute atomic E-state index is 11.9. The highest BCUT2D eigenvalue weighted by atomic mass is 127. The van der Waals surface area contributed by atoms with Crippen LogP contribution in [0.15, 0.2) is 33.1 Å². The maximum atomic E-state index is 11.9. The topological polar surface area (TPSA) is 86.2 Å². The van der Waals surface area contributed by atoms with Crippen LogP contribution in [0.1, 0.15) is 24.5 Å². The number of hydrogen-bond acceptors (Lipinski definition) is 6. The quantitative estimate of drug-likeness (QED) is 0.573. The van der Waals surface area contributed by atoms with Gasteiger partial charge in [0.05, 0.1) is 34.5 Å². The number of nitrogens with one attached hydrogen (secondary N) is 1. The molecule has 0 bridgehead atoms. The average molecular weight is 527 g/mol. The Morgan fingerprint density at radius 3 is 2.37 bits per heavy atom. The van der Waals surface area contributed by atoms with Crippen molar-refractivity contribution in [2.75, 3.05) is 28.4 Å². The monoisotopic (exact) mass is 527 g/mol. The first-order valence-corrected chi connectivity index (χ1v) is 10.6. The van der Waals surface area contributed by atoms with E-state index in [2.05, 4.69) is 27.9 Å². The van der Waals surface area contributed by atoms with Crippen molar-refractivity contribution in [3.8, 4) is 17.2 Å². The molecular formula is C22H26INO6. The Labute approximate surface area is 189 Å². The number of carbonyl (C=O) groups excluding carboxylic acids is 1. The lowest BCUT2D eigenvalue weighted by molar-refractivity contribution is -0.119. The molecule has 1 aromatic carbocycles. The number of aryl methyl sites for hydroxylation is 1. The largest absolute Gasteiger partial charge is 0.498 e. The second kappa shape index (κ2) is 9.30. The summed E-state index contributed by atoms with van der Waals surface area (Å²) in [5.41, 5.74) is 3.55. The number of aliphatic hydroxyl groups excluding tert-OH is 1. The van der Waals surface area contributed by atoms with Crippen molar-refractivity contribution < 1.29 is 28.8 Å². The van der Waals surface area contributed by atoms with Gasteiger partial charge in [0.25, 0.3) is 0 Å². The Morgan fingerprint density at radius 1 is 1.10 bits per heavy atom. The van der Waals surface area contributed by atoms with Crippen LogP contribution in [0.25, 0.3) is 5.57 Å². The van der Waals surface area contributed by atoms with Gasteiger partial charge in [-0.2, -0.15) is 0 Å². The molecule has 0 fully saturated rings. The smallest absolute Gasteiger partial charge is 0.217 e. The highest BCUT2D eigenvalue weighted by molar-refractivity contribution is 14.1. The molecule has 162 valence electrons. The first kappa shape index (κ1) is 22.5. The van der Waals surface area contributed by atoms with Gasteiger partial charge in [-0.3, -0.25) is 4.79 Å². The molecule has 0 heterocycles. The molecule has 0 saturated carbocycles. The van der Waals surface area contributed by atoms with E-state index < -0.39 is 6.10 Å². The van der Waals surface area contributed by atoms with E-state index in [-0.39, 0.29) is 11.9 Å². The number of amides is 1. The third-order valence-electron chi connectivity index (χ3n) is 5.29. The summed E-state index contributed by atoms with van der Waals surface area (Å²) in [7, 11) is 6.27. The molecule has 3 rings (SSSR count). The number of carbonyl (C=O) groups is 1. The van der Waals surface area contributed by atoms with Gasteiger partial charge in [0, 0.05) is 16.1 Å². The van der Waals surface area contributed by atoms with E-state index in [1.807, 2.05) is 18.2 Å². The molecule has 8 heteroatoms. The molecule has 2 aliphatic rings. The van der Waals surface area contributed by atoms with Crippen LogP contribution >= 0.6 is 22.6 Å². The van der Waals surface area contributed by atoms with Crippen LogP contribution in [0.2, 0.25) is 0 Å². The molecular weight excluding hydrogens is 501 g/mol. The molecule has 0 unspecified atom stereocenters. The number of benzene rings is 1. The first-order chi connectivity index (χ1) is 14.4. The fourth-order valence-corrected chi connectivity index (χ4v) is 4.59. The van der Waals surface area contributed by atoms with Crippen LogP contribution in [0.4, 0.5) is 0 Å². The maximum Gasteiger partial charge on any atom is 0.217 e. The van der Waals surface area contributed by atoms with Gasteiger partial charge in [0.2, 0.25) is 11.7 Å². The van der Waals surface area contributed by atoms with Gasteiger partial charge in [0.1, 0.15) is 11.9 Å². The Balaban J connectivity index is 2.40. The number of ether oxygens (including phenoxy) is 4. The molecule has 0 aliphatic heterocycles. The van der Waals surface area contributed by atoms with Gasteiger partial charge in [-0.25, -0.2) is 0 Å². The Morgan fingerprint density at radius 2 is 1.80 bits per heavy atom. The number of rotatable bonds is 5. The van der Waals surface area contributed by atoms with Gasteiger partial charge in [-0.1, -0.05) is 0 Å².